The van der Waals surface area contributed by atoms with Crippen LogP contribution in [0.2, 0.25) is 0 Å². The standard InChI is InChI=1S/C13H19NO3/c1-16-11-5-2-6-12(8-11)17-13-10(9-15)4-3-7-14-13/h3-4,7,11-12,15H,2,5-6,8-9H2,1H3. The minimum absolute atomic E-state index is 0.0381. The van der Waals surface area contributed by atoms with E-state index in [2.05, 4.69) is 4.98 Å². The van der Waals surface area contributed by atoms with Crippen molar-refractivity contribution in [3.05, 3.63) is 23.9 Å². The zero-order valence-electron chi connectivity index (χ0n) is 10.1. The van der Waals surface area contributed by atoms with Crippen LogP contribution in [0.15, 0.2) is 18.3 Å². The van der Waals surface area contributed by atoms with Crippen molar-refractivity contribution >= 4 is 0 Å². The number of pyridine rings is 1. The van der Waals surface area contributed by atoms with Gasteiger partial charge in [0.2, 0.25) is 5.88 Å². The molecule has 1 aliphatic carbocycles. The quantitative estimate of drug-likeness (QED) is 0.869. The second kappa shape index (κ2) is 5.98. The summed E-state index contributed by atoms with van der Waals surface area (Å²) in [7, 11) is 1.74. The first-order valence-corrected chi connectivity index (χ1v) is 6.07. The lowest BCUT2D eigenvalue weighted by Gasteiger charge is -2.28. The van der Waals surface area contributed by atoms with Crippen LogP contribution in [0.1, 0.15) is 31.2 Å². The zero-order chi connectivity index (χ0) is 12.1. The molecule has 1 N–H and O–H groups in total. The Hall–Kier alpha value is -1.13. The fourth-order valence-electron chi connectivity index (χ4n) is 2.23. The minimum Gasteiger partial charge on any atom is -0.474 e. The topological polar surface area (TPSA) is 51.6 Å². The minimum atomic E-state index is -0.0381. The van der Waals surface area contributed by atoms with Gasteiger partial charge in [-0.1, -0.05) is 0 Å². The van der Waals surface area contributed by atoms with Gasteiger partial charge in [-0.2, -0.15) is 0 Å². The lowest BCUT2D eigenvalue weighted by atomic mass is 9.95. The fourth-order valence-corrected chi connectivity index (χ4v) is 2.23. The summed E-state index contributed by atoms with van der Waals surface area (Å²) in [4.78, 5) is 4.17. The summed E-state index contributed by atoms with van der Waals surface area (Å²) in [5.74, 6) is 0.553. The molecule has 2 atom stereocenters. The molecule has 1 heterocycles. The van der Waals surface area contributed by atoms with Crippen molar-refractivity contribution in [2.45, 2.75) is 44.5 Å². The molecule has 0 bridgehead atoms. The molecule has 0 saturated heterocycles. The van der Waals surface area contributed by atoms with Crippen LogP contribution in [0, 0.1) is 0 Å². The second-order valence-electron chi connectivity index (χ2n) is 4.39. The van der Waals surface area contributed by atoms with Gasteiger partial charge in [0.15, 0.2) is 0 Å². The van der Waals surface area contributed by atoms with Crippen LogP contribution < -0.4 is 4.74 Å². The summed E-state index contributed by atoms with van der Waals surface area (Å²) in [5, 5.41) is 9.20. The van der Waals surface area contributed by atoms with E-state index in [1.807, 2.05) is 6.07 Å². The van der Waals surface area contributed by atoms with Gasteiger partial charge in [0.1, 0.15) is 6.10 Å². The van der Waals surface area contributed by atoms with Crippen molar-refractivity contribution in [1.29, 1.82) is 0 Å². The molecule has 0 aliphatic heterocycles. The molecule has 0 spiro atoms. The van der Waals surface area contributed by atoms with Crippen molar-refractivity contribution in [3.8, 4) is 5.88 Å². The van der Waals surface area contributed by atoms with Crippen LogP contribution in [0.3, 0.4) is 0 Å². The molecule has 0 amide bonds. The molecule has 1 fully saturated rings. The van der Waals surface area contributed by atoms with Gasteiger partial charge in [0, 0.05) is 25.3 Å². The number of nitrogens with zero attached hydrogens (tertiary/aromatic N) is 1. The van der Waals surface area contributed by atoms with E-state index in [1.165, 1.54) is 0 Å². The van der Waals surface area contributed by atoms with Gasteiger partial charge in [0.05, 0.1) is 12.7 Å². The summed E-state index contributed by atoms with van der Waals surface area (Å²) in [6, 6.07) is 3.64. The molecule has 17 heavy (non-hydrogen) atoms. The van der Waals surface area contributed by atoms with Crippen LogP contribution in [0.25, 0.3) is 0 Å². The Morgan fingerprint density at radius 1 is 1.41 bits per heavy atom. The molecule has 1 aromatic rings. The predicted octanol–water partition coefficient (Wildman–Crippen LogP) is 1.91. The van der Waals surface area contributed by atoms with Gasteiger partial charge in [-0.3, -0.25) is 0 Å². The summed E-state index contributed by atoms with van der Waals surface area (Å²) in [6.07, 6.45) is 6.27. The molecule has 4 nitrogen and oxygen atoms in total. The van der Waals surface area contributed by atoms with E-state index < -0.39 is 0 Å². The fraction of sp³-hybridized carbons (Fsp3) is 0.615. The van der Waals surface area contributed by atoms with Gasteiger partial charge >= 0.3 is 0 Å². The van der Waals surface area contributed by atoms with E-state index in [0.717, 1.165) is 31.2 Å². The maximum Gasteiger partial charge on any atom is 0.219 e. The van der Waals surface area contributed by atoms with Gasteiger partial charge in [-0.05, 0) is 31.4 Å². The Bertz CT molecular complexity index is 356. The second-order valence-corrected chi connectivity index (χ2v) is 4.39. The number of aliphatic hydroxyl groups excluding tert-OH is 1. The van der Waals surface area contributed by atoms with E-state index in [9.17, 15) is 5.11 Å². The highest BCUT2D eigenvalue weighted by Crippen LogP contribution is 2.25. The third kappa shape index (κ3) is 3.17. The van der Waals surface area contributed by atoms with E-state index >= 15 is 0 Å². The molecule has 0 aromatic carbocycles. The third-order valence-electron chi connectivity index (χ3n) is 3.21. The number of hydrogen-bond donors (Lipinski definition) is 1. The first-order valence-electron chi connectivity index (χ1n) is 6.07. The summed E-state index contributed by atoms with van der Waals surface area (Å²) in [6.45, 7) is -0.0381. The molecular weight excluding hydrogens is 218 g/mol. The van der Waals surface area contributed by atoms with Crippen LogP contribution in [0.5, 0.6) is 5.88 Å². The molecule has 2 rings (SSSR count). The molecular formula is C13H19NO3. The van der Waals surface area contributed by atoms with Crippen molar-refractivity contribution in [2.75, 3.05) is 7.11 Å². The number of aromatic nitrogens is 1. The summed E-state index contributed by atoms with van der Waals surface area (Å²) >= 11 is 0. The number of hydrogen-bond acceptors (Lipinski definition) is 4. The third-order valence-corrected chi connectivity index (χ3v) is 3.21. The van der Waals surface area contributed by atoms with Crippen LogP contribution in [-0.4, -0.2) is 29.4 Å². The SMILES string of the molecule is COC1CCCC(Oc2ncccc2CO)C1. The Balaban J connectivity index is 2.00. The van der Waals surface area contributed by atoms with Crippen molar-refractivity contribution in [3.63, 3.8) is 0 Å². The Morgan fingerprint density at radius 3 is 3.00 bits per heavy atom. The van der Waals surface area contributed by atoms with Crippen LogP contribution >= 0.6 is 0 Å². The first kappa shape index (κ1) is 12.3. The molecule has 0 radical (unpaired) electrons. The lowest BCUT2D eigenvalue weighted by molar-refractivity contribution is 0.0188. The molecule has 4 heteroatoms. The highest BCUT2D eigenvalue weighted by atomic mass is 16.5. The summed E-state index contributed by atoms with van der Waals surface area (Å²) < 4.78 is 11.2. The van der Waals surface area contributed by atoms with Crippen molar-refractivity contribution < 1.29 is 14.6 Å². The largest absolute Gasteiger partial charge is 0.474 e. The molecule has 1 saturated carbocycles. The first-order chi connectivity index (χ1) is 8.33. The van der Waals surface area contributed by atoms with E-state index in [-0.39, 0.29) is 18.8 Å². The smallest absolute Gasteiger partial charge is 0.219 e. The number of aliphatic hydroxyl groups is 1. The highest BCUT2D eigenvalue weighted by Gasteiger charge is 2.23. The lowest BCUT2D eigenvalue weighted by Crippen LogP contribution is -2.30. The molecule has 1 aliphatic rings. The van der Waals surface area contributed by atoms with E-state index in [4.69, 9.17) is 9.47 Å². The van der Waals surface area contributed by atoms with Crippen molar-refractivity contribution in [2.24, 2.45) is 0 Å². The molecule has 1 aromatic heterocycles. The van der Waals surface area contributed by atoms with E-state index in [0.29, 0.717) is 5.88 Å². The average Bonchev–Trinajstić information content (AvgIpc) is 2.39. The number of methoxy groups -OCH3 is 1. The Labute approximate surface area is 102 Å². The molecule has 2 unspecified atom stereocenters. The van der Waals surface area contributed by atoms with Crippen LogP contribution in [0.4, 0.5) is 0 Å². The van der Waals surface area contributed by atoms with Gasteiger partial charge in [-0.25, -0.2) is 4.98 Å². The zero-order valence-corrected chi connectivity index (χ0v) is 10.1. The van der Waals surface area contributed by atoms with E-state index in [1.54, 1.807) is 19.4 Å². The van der Waals surface area contributed by atoms with Gasteiger partial charge in [0.25, 0.3) is 0 Å². The monoisotopic (exact) mass is 237 g/mol. The number of rotatable bonds is 4. The van der Waals surface area contributed by atoms with Crippen LogP contribution in [-0.2, 0) is 11.3 Å². The Kier molecular flexibility index (Phi) is 4.34. The Morgan fingerprint density at radius 2 is 2.24 bits per heavy atom. The summed E-state index contributed by atoms with van der Waals surface area (Å²) in [5.41, 5.74) is 0.743. The molecule has 94 valence electrons. The maximum absolute atomic E-state index is 9.20. The maximum atomic E-state index is 9.20. The predicted molar refractivity (Wildman–Crippen MR) is 63.8 cm³/mol. The highest BCUT2D eigenvalue weighted by molar-refractivity contribution is 5.24. The van der Waals surface area contributed by atoms with Gasteiger partial charge < -0.3 is 14.6 Å². The van der Waals surface area contributed by atoms with Gasteiger partial charge in [-0.15, -0.1) is 0 Å². The normalized spacial score (nSPS) is 24.6. The average molecular weight is 237 g/mol. The van der Waals surface area contributed by atoms with Crippen molar-refractivity contribution in [1.82, 2.24) is 4.98 Å². The number of ether oxygens (including phenoxy) is 2.